The molecule has 3 atom stereocenters. The molecular formula is C20H29N3O3. The molecule has 0 bridgehead atoms. The number of nitrogens with two attached hydrogens (primary N) is 1. The fourth-order valence-corrected chi connectivity index (χ4v) is 4.65. The van der Waals surface area contributed by atoms with Gasteiger partial charge < -0.3 is 25.3 Å². The second-order valence-electron chi connectivity index (χ2n) is 7.43. The molecule has 0 amide bonds. The van der Waals surface area contributed by atoms with E-state index in [1.165, 1.54) is 0 Å². The van der Waals surface area contributed by atoms with Crippen molar-refractivity contribution < 1.29 is 14.2 Å². The molecule has 1 spiro atoms. The van der Waals surface area contributed by atoms with E-state index in [-0.39, 0.29) is 11.5 Å². The first-order valence-electron chi connectivity index (χ1n) is 9.74. The first-order chi connectivity index (χ1) is 12.7. The quantitative estimate of drug-likeness (QED) is 0.637. The second-order valence-corrected chi connectivity index (χ2v) is 7.43. The van der Waals surface area contributed by atoms with Gasteiger partial charge in [-0.25, -0.2) is 4.99 Å². The molecule has 4 rings (SSSR count). The summed E-state index contributed by atoms with van der Waals surface area (Å²) in [6.07, 6.45) is 4.16. The van der Waals surface area contributed by atoms with E-state index in [1.54, 1.807) is 0 Å². The minimum Gasteiger partial charge on any atom is -0.493 e. The van der Waals surface area contributed by atoms with Crippen LogP contribution in [0.2, 0.25) is 0 Å². The molecule has 6 heteroatoms. The third kappa shape index (κ3) is 3.16. The molecule has 1 saturated heterocycles. The number of guanidine groups is 1. The van der Waals surface area contributed by atoms with E-state index in [2.05, 4.69) is 18.3 Å². The highest BCUT2D eigenvalue weighted by Gasteiger charge is 2.56. The molecule has 2 fully saturated rings. The summed E-state index contributed by atoms with van der Waals surface area (Å²) < 4.78 is 17.3. The van der Waals surface area contributed by atoms with Crippen LogP contribution in [0, 0.1) is 5.41 Å². The summed E-state index contributed by atoms with van der Waals surface area (Å²) in [5.74, 6) is 1.44. The lowest BCUT2D eigenvalue weighted by atomic mass is 9.57. The van der Waals surface area contributed by atoms with Crippen LogP contribution in [-0.2, 0) is 9.47 Å². The molecule has 3 unspecified atom stereocenters. The number of para-hydroxylation sites is 1. The SMILES string of the molecule is CCOC1CC(NC(N)=NC2CCOc3ccccc32)C12CCOCC2. The topological polar surface area (TPSA) is 78.1 Å². The van der Waals surface area contributed by atoms with Crippen molar-refractivity contribution in [3.8, 4) is 5.75 Å². The third-order valence-electron chi connectivity index (χ3n) is 6.12. The van der Waals surface area contributed by atoms with E-state index < -0.39 is 0 Å². The zero-order chi connectivity index (χ0) is 18.0. The Morgan fingerprint density at radius 1 is 1.31 bits per heavy atom. The van der Waals surface area contributed by atoms with Crippen molar-refractivity contribution in [2.24, 2.45) is 16.1 Å². The number of ether oxygens (including phenoxy) is 3. The van der Waals surface area contributed by atoms with Gasteiger partial charge in [0.1, 0.15) is 5.75 Å². The predicted molar refractivity (Wildman–Crippen MR) is 100 cm³/mol. The normalized spacial score (nSPS) is 30.2. The Hall–Kier alpha value is -1.79. The number of hydrogen-bond acceptors (Lipinski definition) is 4. The van der Waals surface area contributed by atoms with Gasteiger partial charge in [0, 0.05) is 43.3 Å². The van der Waals surface area contributed by atoms with Crippen molar-refractivity contribution in [2.75, 3.05) is 26.4 Å². The number of benzene rings is 1. The third-order valence-corrected chi connectivity index (χ3v) is 6.12. The first kappa shape index (κ1) is 17.6. The molecule has 1 aromatic rings. The van der Waals surface area contributed by atoms with Gasteiger partial charge in [-0.2, -0.15) is 0 Å². The maximum atomic E-state index is 6.31. The van der Waals surface area contributed by atoms with E-state index in [0.29, 0.717) is 24.7 Å². The molecule has 2 aliphatic heterocycles. The summed E-state index contributed by atoms with van der Waals surface area (Å²) in [4.78, 5) is 4.78. The Morgan fingerprint density at radius 2 is 2.12 bits per heavy atom. The summed E-state index contributed by atoms with van der Waals surface area (Å²) in [6, 6.07) is 8.45. The van der Waals surface area contributed by atoms with Crippen molar-refractivity contribution in [2.45, 2.75) is 50.8 Å². The van der Waals surface area contributed by atoms with Gasteiger partial charge in [0.2, 0.25) is 0 Å². The van der Waals surface area contributed by atoms with Gasteiger partial charge in [0.25, 0.3) is 0 Å². The van der Waals surface area contributed by atoms with Crippen LogP contribution < -0.4 is 15.8 Å². The van der Waals surface area contributed by atoms with Crippen LogP contribution in [0.3, 0.4) is 0 Å². The molecule has 1 aliphatic carbocycles. The zero-order valence-corrected chi connectivity index (χ0v) is 15.4. The Balaban J connectivity index is 1.46. The largest absolute Gasteiger partial charge is 0.493 e. The van der Waals surface area contributed by atoms with Crippen LogP contribution in [0.1, 0.15) is 44.2 Å². The maximum Gasteiger partial charge on any atom is 0.189 e. The minimum atomic E-state index is 0.0563. The van der Waals surface area contributed by atoms with Crippen LogP contribution in [0.5, 0.6) is 5.75 Å². The second kappa shape index (κ2) is 7.45. The Bertz CT molecular complexity index is 657. The van der Waals surface area contributed by atoms with Crippen molar-refractivity contribution in [1.82, 2.24) is 5.32 Å². The molecule has 142 valence electrons. The average molecular weight is 359 g/mol. The number of nitrogens with one attached hydrogen (secondary N) is 1. The Kier molecular flexibility index (Phi) is 5.05. The van der Waals surface area contributed by atoms with E-state index in [4.69, 9.17) is 24.9 Å². The molecule has 3 N–H and O–H groups in total. The summed E-state index contributed by atoms with van der Waals surface area (Å²) in [5, 5.41) is 3.49. The highest BCUT2D eigenvalue weighted by molar-refractivity contribution is 5.79. The molecule has 2 heterocycles. The lowest BCUT2D eigenvalue weighted by Gasteiger charge is -2.57. The van der Waals surface area contributed by atoms with Crippen LogP contribution in [0.4, 0.5) is 0 Å². The number of fused-ring (bicyclic) bond motifs is 1. The first-order valence-corrected chi connectivity index (χ1v) is 9.74. The van der Waals surface area contributed by atoms with Crippen molar-refractivity contribution in [1.29, 1.82) is 0 Å². The molecule has 1 aromatic carbocycles. The summed E-state index contributed by atoms with van der Waals surface area (Å²) in [6.45, 7) is 5.09. The highest BCUT2D eigenvalue weighted by Crippen LogP contribution is 2.50. The van der Waals surface area contributed by atoms with Crippen LogP contribution in [-0.4, -0.2) is 44.5 Å². The minimum absolute atomic E-state index is 0.0563. The van der Waals surface area contributed by atoms with Crippen LogP contribution >= 0.6 is 0 Å². The van der Waals surface area contributed by atoms with E-state index in [1.807, 2.05) is 18.2 Å². The monoisotopic (exact) mass is 359 g/mol. The van der Waals surface area contributed by atoms with Gasteiger partial charge in [-0.3, -0.25) is 0 Å². The standard InChI is InChI=1S/C20H29N3O3/c1-2-25-18-13-17(20(18)8-11-24-12-9-20)23-19(21)22-15-7-10-26-16-6-4-3-5-14(15)16/h3-6,15,17-18H,2,7-13H2,1H3,(H3,21,22,23). The highest BCUT2D eigenvalue weighted by atomic mass is 16.5. The number of aliphatic imine (C=N–C) groups is 1. The van der Waals surface area contributed by atoms with Gasteiger partial charge in [-0.1, -0.05) is 18.2 Å². The molecule has 26 heavy (non-hydrogen) atoms. The molecule has 0 aromatic heterocycles. The fourth-order valence-electron chi connectivity index (χ4n) is 4.65. The van der Waals surface area contributed by atoms with Crippen molar-refractivity contribution in [3.05, 3.63) is 29.8 Å². The number of nitrogens with zero attached hydrogens (tertiary/aromatic N) is 1. The molecular weight excluding hydrogens is 330 g/mol. The summed E-state index contributed by atoms with van der Waals surface area (Å²) in [7, 11) is 0. The average Bonchev–Trinajstić information content (AvgIpc) is 2.68. The van der Waals surface area contributed by atoms with Gasteiger partial charge >= 0.3 is 0 Å². The van der Waals surface area contributed by atoms with Crippen molar-refractivity contribution in [3.63, 3.8) is 0 Å². The number of hydrogen-bond donors (Lipinski definition) is 2. The van der Waals surface area contributed by atoms with Crippen molar-refractivity contribution >= 4 is 5.96 Å². The van der Waals surface area contributed by atoms with Gasteiger partial charge in [-0.15, -0.1) is 0 Å². The Labute approximate surface area is 155 Å². The molecule has 6 nitrogen and oxygen atoms in total. The molecule has 0 radical (unpaired) electrons. The van der Waals surface area contributed by atoms with Gasteiger partial charge in [-0.05, 0) is 32.3 Å². The molecule has 3 aliphatic rings. The van der Waals surface area contributed by atoms with Crippen LogP contribution in [0.25, 0.3) is 0 Å². The van der Waals surface area contributed by atoms with Gasteiger partial charge in [0.15, 0.2) is 5.96 Å². The smallest absolute Gasteiger partial charge is 0.189 e. The maximum absolute atomic E-state index is 6.31. The molecule has 1 saturated carbocycles. The summed E-state index contributed by atoms with van der Waals surface area (Å²) >= 11 is 0. The number of rotatable bonds is 4. The van der Waals surface area contributed by atoms with Crippen LogP contribution in [0.15, 0.2) is 29.3 Å². The fraction of sp³-hybridized carbons (Fsp3) is 0.650. The zero-order valence-electron chi connectivity index (χ0n) is 15.4. The summed E-state index contributed by atoms with van der Waals surface area (Å²) in [5.41, 5.74) is 7.55. The Morgan fingerprint density at radius 3 is 2.92 bits per heavy atom. The lowest BCUT2D eigenvalue weighted by molar-refractivity contribution is -0.169. The van der Waals surface area contributed by atoms with E-state index in [0.717, 1.165) is 56.8 Å². The van der Waals surface area contributed by atoms with Gasteiger partial charge in [0.05, 0.1) is 18.8 Å². The van der Waals surface area contributed by atoms with E-state index in [9.17, 15) is 0 Å². The lowest BCUT2D eigenvalue weighted by Crippen LogP contribution is -2.67. The predicted octanol–water partition coefficient (Wildman–Crippen LogP) is 2.39. The van der Waals surface area contributed by atoms with E-state index >= 15 is 0 Å².